The predicted molar refractivity (Wildman–Crippen MR) is 274 cm³/mol. The Kier molecular flexibility index (Phi) is 13.9. The number of hydrogen-bond donors (Lipinski definition) is 2. The van der Waals surface area contributed by atoms with Gasteiger partial charge in [-0.1, -0.05) is 34.6 Å². The van der Waals surface area contributed by atoms with Crippen LogP contribution < -0.4 is 15.6 Å². The lowest BCUT2D eigenvalue weighted by Crippen LogP contribution is -2.62. The highest BCUT2D eigenvalue weighted by molar-refractivity contribution is 5.96. The third-order valence-corrected chi connectivity index (χ3v) is 17.0. The van der Waals surface area contributed by atoms with E-state index in [1.807, 2.05) is 26.8 Å². The first-order chi connectivity index (χ1) is 35.4. The quantitative estimate of drug-likeness (QED) is 0.180. The van der Waals surface area contributed by atoms with Gasteiger partial charge in [0.2, 0.25) is 11.8 Å². The Bertz CT molecular complexity index is 2820. The molecule has 0 radical (unpaired) electrons. The van der Waals surface area contributed by atoms with Crippen LogP contribution in [0.3, 0.4) is 0 Å². The minimum absolute atomic E-state index is 0.1000. The highest BCUT2D eigenvalue weighted by Crippen LogP contribution is 2.58. The summed E-state index contributed by atoms with van der Waals surface area (Å²) in [5.41, 5.74) is 7.52. The Hall–Kier alpha value is -5.92. The van der Waals surface area contributed by atoms with Crippen molar-refractivity contribution in [1.29, 1.82) is 0 Å². The van der Waals surface area contributed by atoms with Crippen LogP contribution in [0.25, 0.3) is 22.2 Å². The number of cyclic esters (lactones) is 1. The number of ether oxygens (including phenoxy) is 3. The summed E-state index contributed by atoms with van der Waals surface area (Å²) in [6.45, 7) is 17.1. The molecule has 5 fully saturated rings. The van der Waals surface area contributed by atoms with Gasteiger partial charge in [-0.15, -0.1) is 0 Å². The number of esters is 1. The fourth-order valence-electron chi connectivity index (χ4n) is 12.7. The maximum atomic E-state index is 15.0. The number of aryl methyl sites for hydroxylation is 1. The van der Waals surface area contributed by atoms with Crippen LogP contribution in [0.2, 0.25) is 0 Å². The minimum atomic E-state index is -1.09. The number of pyridine rings is 1. The van der Waals surface area contributed by atoms with Crippen molar-refractivity contribution in [3.8, 4) is 11.3 Å². The molecular weight excluding hydrogens is 948 g/mol. The van der Waals surface area contributed by atoms with Crippen molar-refractivity contribution in [2.75, 3.05) is 57.9 Å². The summed E-state index contributed by atoms with van der Waals surface area (Å²) < 4.78 is 36.4. The van der Waals surface area contributed by atoms with Crippen molar-refractivity contribution in [3.05, 3.63) is 66.3 Å². The first-order valence-electron chi connectivity index (χ1n) is 26.7. The van der Waals surface area contributed by atoms with Gasteiger partial charge in [-0.05, 0) is 106 Å². The number of carbonyl (C=O) groups excluding carboxylic acids is 5. The number of carbonyl (C=O) groups is 5. The van der Waals surface area contributed by atoms with Gasteiger partial charge < -0.3 is 38.8 Å². The van der Waals surface area contributed by atoms with E-state index in [0.717, 1.165) is 56.5 Å². The third-order valence-electron chi connectivity index (χ3n) is 17.0. The first-order valence-corrected chi connectivity index (χ1v) is 26.7. The molecule has 398 valence electrons. The second kappa shape index (κ2) is 20.0. The van der Waals surface area contributed by atoms with E-state index in [4.69, 9.17) is 19.2 Å². The SMILES string of the molecule is CCn1c(-c2cccnc2[C@H](C)OC)c2c3cc(ccc31)N1CCO[C@@H](C[C@H](NC(=O)[C@H](C(C)C)N3CCC4(CC(C5(C)CC5)N(C(=O)n5ccnc5F)C4)C3=O)C(=O)N3CCC[C@H](N3)C(=O)OCC(C)(C)C2)C1. The van der Waals surface area contributed by atoms with E-state index in [2.05, 4.69) is 77.2 Å². The fraction of sp³-hybridized carbons (Fsp3) is 0.618. The zero-order valence-electron chi connectivity index (χ0n) is 44.2. The van der Waals surface area contributed by atoms with Gasteiger partial charge in [-0.3, -0.25) is 29.2 Å². The molecule has 1 aromatic carbocycles. The smallest absolute Gasteiger partial charge is 0.331 e. The number of morpholine rings is 1. The number of halogens is 1. The minimum Gasteiger partial charge on any atom is -0.464 e. The molecule has 8 heterocycles. The first kappa shape index (κ1) is 51.6. The fourth-order valence-corrected chi connectivity index (χ4v) is 12.7. The van der Waals surface area contributed by atoms with E-state index >= 15 is 4.79 Å². The Morgan fingerprint density at radius 3 is 2.54 bits per heavy atom. The number of benzene rings is 1. The summed E-state index contributed by atoms with van der Waals surface area (Å²) in [5.74, 6) is -1.94. The van der Waals surface area contributed by atoms with Crippen LogP contribution >= 0.6 is 0 Å². The lowest BCUT2D eigenvalue weighted by Gasteiger charge is -2.39. The largest absolute Gasteiger partial charge is 0.464 e. The molecule has 1 aliphatic carbocycles. The maximum Gasteiger partial charge on any atom is 0.331 e. The Balaban J connectivity index is 0.963. The molecule has 7 atom stereocenters. The summed E-state index contributed by atoms with van der Waals surface area (Å²) >= 11 is 0. The number of likely N-dealkylation sites (tertiary alicyclic amines) is 2. The number of aromatic nitrogens is 4. The van der Waals surface area contributed by atoms with Gasteiger partial charge in [0.1, 0.15) is 18.1 Å². The monoisotopic (exact) mass is 1020 g/mol. The van der Waals surface area contributed by atoms with Gasteiger partial charge in [-0.2, -0.15) is 4.39 Å². The Morgan fingerprint density at radius 1 is 1.03 bits per heavy atom. The lowest BCUT2D eigenvalue weighted by atomic mass is 9.81. The highest BCUT2D eigenvalue weighted by Gasteiger charge is 2.63. The molecule has 19 heteroatoms. The molecular formula is C55H73FN10O8. The maximum absolute atomic E-state index is 15.0. The second-order valence-corrected chi connectivity index (χ2v) is 23.2. The molecule has 4 amide bonds. The van der Waals surface area contributed by atoms with Gasteiger partial charge in [0, 0.05) is 105 Å². The van der Waals surface area contributed by atoms with Crippen LogP contribution in [-0.4, -0.2) is 147 Å². The number of imidazole rings is 1. The van der Waals surface area contributed by atoms with Gasteiger partial charge >= 0.3 is 12.0 Å². The number of anilines is 1. The molecule has 18 nitrogen and oxygen atoms in total. The van der Waals surface area contributed by atoms with Crippen molar-refractivity contribution in [1.82, 2.24) is 44.7 Å². The van der Waals surface area contributed by atoms with E-state index in [-0.39, 0.29) is 55.5 Å². The van der Waals surface area contributed by atoms with Crippen LogP contribution in [0.1, 0.15) is 111 Å². The van der Waals surface area contributed by atoms with Crippen LogP contribution in [-0.2, 0) is 46.4 Å². The van der Waals surface area contributed by atoms with E-state index in [0.29, 0.717) is 64.9 Å². The average molecular weight is 1020 g/mol. The van der Waals surface area contributed by atoms with Crippen LogP contribution in [0.15, 0.2) is 48.9 Å². The number of amides is 4. The number of hydrazine groups is 1. The lowest BCUT2D eigenvalue weighted by molar-refractivity contribution is -0.156. The summed E-state index contributed by atoms with van der Waals surface area (Å²) in [5, 5.41) is 5.64. The predicted octanol–water partition coefficient (Wildman–Crippen LogP) is 6.25. The molecule has 6 bridgehead atoms. The molecule has 1 spiro atoms. The normalized spacial score (nSPS) is 26.9. The van der Waals surface area contributed by atoms with Crippen molar-refractivity contribution in [2.24, 2.45) is 22.2 Å². The summed E-state index contributed by atoms with van der Waals surface area (Å²) in [6, 6.07) is 6.91. The zero-order chi connectivity index (χ0) is 52.4. The molecule has 6 aliphatic rings. The van der Waals surface area contributed by atoms with Crippen LogP contribution in [0, 0.1) is 28.2 Å². The highest BCUT2D eigenvalue weighted by atomic mass is 19.1. The number of nitrogens with zero attached hydrogens (tertiary/aromatic N) is 8. The van der Waals surface area contributed by atoms with Gasteiger partial charge in [0.25, 0.3) is 12.0 Å². The molecule has 74 heavy (non-hydrogen) atoms. The van der Waals surface area contributed by atoms with E-state index in [1.165, 1.54) is 17.4 Å². The number of methoxy groups -OCH3 is 1. The van der Waals surface area contributed by atoms with E-state index in [9.17, 15) is 23.6 Å². The van der Waals surface area contributed by atoms with Crippen LogP contribution in [0.5, 0.6) is 0 Å². The van der Waals surface area contributed by atoms with Gasteiger partial charge in [-0.25, -0.2) is 19.8 Å². The van der Waals surface area contributed by atoms with E-state index in [1.54, 1.807) is 23.1 Å². The molecule has 4 aromatic rings. The number of rotatable bonds is 9. The number of fused-ring (bicyclic) bond motifs is 6. The average Bonchev–Trinajstić information content (AvgIpc) is 3.67. The zero-order valence-corrected chi connectivity index (χ0v) is 44.2. The summed E-state index contributed by atoms with van der Waals surface area (Å²) in [6.07, 6.45) is 6.95. The third kappa shape index (κ3) is 9.45. The topological polar surface area (TPSA) is 186 Å². The Morgan fingerprint density at radius 2 is 1.82 bits per heavy atom. The number of hydrogen-bond acceptors (Lipinski definition) is 12. The summed E-state index contributed by atoms with van der Waals surface area (Å²) in [4.78, 5) is 86.9. The van der Waals surface area contributed by atoms with Crippen molar-refractivity contribution < 1.29 is 42.6 Å². The van der Waals surface area contributed by atoms with E-state index < -0.39 is 65.0 Å². The molecule has 4 saturated heterocycles. The molecule has 2 N–H and O–H groups in total. The number of nitrogens with one attached hydrogen (secondary N) is 2. The molecule has 5 aliphatic heterocycles. The second-order valence-electron chi connectivity index (χ2n) is 23.2. The molecule has 1 saturated carbocycles. The van der Waals surface area contributed by atoms with Crippen LogP contribution in [0.4, 0.5) is 14.9 Å². The van der Waals surface area contributed by atoms with Crippen molar-refractivity contribution in [3.63, 3.8) is 0 Å². The van der Waals surface area contributed by atoms with Gasteiger partial charge in [0.15, 0.2) is 0 Å². The van der Waals surface area contributed by atoms with Gasteiger partial charge in [0.05, 0.1) is 42.2 Å². The van der Waals surface area contributed by atoms with Crippen molar-refractivity contribution in [2.45, 2.75) is 143 Å². The molecule has 2 unspecified atom stereocenters. The standard InChI is InChI=1S/C55H73FN10O8/c1-9-62-42-15-14-35-26-38(42)39(46(62)37-12-10-19-57-44(37)34(4)72-8)28-53(5,6)32-74-49(69)40-13-11-21-66(60-40)48(68)41(27-36-30-61(35)24-25-73-36)59-47(67)45(33(2)3)63-22-18-55(50(63)70)29-43(54(7)16-17-54)65(31-55)52(71)64-23-20-58-51(64)56/h10,12,14-15,19-20,23,26,33-34,36,40-41,43,45,60H,9,11,13,16-18,21-22,24-25,27-32H2,1-8H3,(H,59,67)/t34-,36-,40-,41-,43?,45-,55?/m0/s1. The Labute approximate surface area is 432 Å². The molecule has 3 aromatic heterocycles. The van der Waals surface area contributed by atoms with Crippen molar-refractivity contribution >= 4 is 46.3 Å². The molecule has 10 rings (SSSR count). The summed E-state index contributed by atoms with van der Waals surface area (Å²) in [7, 11) is 1.69.